The molecule has 1 saturated heterocycles. The highest BCUT2D eigenvalue weighted by Gasteiger charge is 2.58. The maximum absolute atomic E-state index is 13.0. The Kier molecular flexibility index (Phi) is 4.45. The van der Waals surface area contributed by atoms with Gasteiger partial charge in [-0.25, -0.2) is 0 Å². The zero-order chi connectivity index (χ0) is 24.7. The molecule has 5 heterocycles. The van der Waals surface area contributed by atoms with E-state index in [1.807, 2.05) is 24.3 Å². The summed E-state index contributed by atoms with van der Waals surface area (Å²) < 4.78 is 0. The summed E-state index contributed by atoms with van der Waals surface area (Å²) in [7, 11) is 0. The maximum Gasteiger partial charge on any atom is 0.253 e. The van der Waals surface area contributed by atoms with Crippen molar-refractivity contribution in [3.63, 3.8) is 0 Å². The van der Waals surface area contributed by atoms with E-state index in [-0.39, 0.29) is 23.2 Å². The van der Waals surface area contributed by atoms with E-state index in [1.54, 1.807) is 0 Å². The van der Waals surface area contributed by atoms with Gasteiger partial charge in [0.15, 0.2) is 0 Å². The fourth-order valence-electron chi connectivity index (χ4n) is 7.46. The van der Waals surface area contributed by atoms with Crippen molar-refractivity contribution in [3.8, 4) is 0 Å². The van der Waals surface area contributed by atoms with E-state index in [0.29, 0.717) is 0 Å². The van der Waals surface area contributed by atoms with Gasteiger partial charge in [-0.2, -0.15) is 0 Å². The second-order valence-electron chi connectivity index (χ2n) is 10.6. The molecule has 0 aliphatic carbocycles. The van der Waals surface area contributed by atoms with Crippen LogP contribution in [0.3, 0.4) is 0 Å². The average Bonchev–Trinajstić information content (AvgIpc) is 3.51. The Morgan fingerprint density at radius 2 is 1.24 bits per heavy atom. The minimum absolute atomic E-state index is 0.0209. The predicted molar refractivity (Wildman–Crippen MR) is 143 cm³/mol. The molecule has 7 nitrogen and oxygen atoms in total. The Bertz CT molecular complexity index is 1670. The fourth-order valence-corrected chi connectivity index (χ4v) is 7.46. The second kappa shape index (κ2) is 7.78. The Hall–Kier alpha value is -3.94. The molecule has 0 unspecified atom stereocenters. The zero-order valence-electron chi connectivity index (χ0n) is 20.3. The van der Waals surface area contributed by atoms with E-state index >= 15 is 0 Å². The number of nitro groups is 1. The van der Waals surface area contributed by atoms with Gasteiger partial charge in [-0.1, -0.05) is 66.7 Å². The highest BCUT2D eigenvalue weighted by Crippen LogP contribution is 2.54. The summed E-state index contributed by atoms with van der Waals surface area (Å²) in [6.45, 7) is 1.56. The Morgan fingerprint density at radius 3 is 1.89 bits per heavy atom. The van der Waals surface area contributed by atoms with Crippen LogP contribution in [0, 0.1) is 10.1 Å². The van der Waals surface area contributed by atoms with Crippen molar-refractivity contribution in [3.05, 3.63) is 117 Å². The SMILES string of the molecule is O=[N+]([O-])[C@@H]1[C@H]2c3[nH]c4ccccc4c3CCN2[C@H]2c3[nH]c4ccccc4c3CCN2[C@H]1c1ccccc1. The van der Waals surface area contributed by atoms with Crippen molar-refractivity contribution in [2.75, 3.05) is 13.1 Å². The standard InChI is InChI=1S/C30H27N5O2/c36-35(37)29-27(18-8-2-1-3-9-18)33-16-15-22-20-11-5-7-13-24(20)32-26(22)30(33)34-17-14-21-19-10-4-6-12-23(19)31-25(21)28(29)34/h1-13,27-32H,14-17H2/t27-,28+,29-,30-/m0/s1. The number of nitrogens with zero attached hydrogens (tertiary/aromatic N) is 3. The monoisotopic (exact) mass is 489 g/mol. The number of aromatic nitrogens is 2. The molecule has 0 radical (unpaired) electrons. The Morgan fingerprint density at radius 1 is 0.703 bits per heavy atom. The number of aromatic amines is 2. The summed E-state index contributed by atoms with van der Waals surface area (Å²) in [5.41, 5.74) is 8.00. The van der Waals surface area contributed by atoms with Crippen LogP contribution in [0.5, 0.6) is 0 Å². The molecule has 1 fully saturated rings. The summed E-state index contributed by atoms with van der Waals surface area (Å²) in [5, 5.41) is 15.5. The Labute approximate surface area is 213 Å². The molecule has 8 rings (SSSR count). The number of benzene rings is 3. The van der Waals surface area contributed by atoms with Gasteiger partial charge < -0.3 is 9.97 Å². The summed E-state index contributed by atoms with van der Waals surface area (Å²) in [6, 6.07) is 25.4. The van der Waals surface area contributed by atoms with Gasteiger partial charge in [-0.3, -0.25) is 19.9 Å². The summed E-state index contributed by atoms with van der Waals surface area (Å²) in [6.07, 6.45) is 1.69. The van der Waals surface area contributed by atoms with Crippen LogP contribution in [0.4, 0.5) is 0 Å². The summed E-state index contributed by atoms with van der Waals surface area (Å²) in [4.78, 5) is 25.2. The van der Waals surface area contributed by atoms with E-state index < -0.39 is 6.04 Å². The van der Waals surface area contributed by atoms with Crippen LogP contribution in [-0.2, 0) is 12.8 Å². The molecule has 7 heteroatoms. The van der Waals surface area contributed by atoms with Crippen LogP contribution in [0.15, 0.2) is 78.9 Å². The van der Waals surface area contributed by atoms with Crippen molar-refractivity contribution in [2.45, 2.75) is 37.1 Å². The third-order valence-electron chi connectivity index (χ3n) is 8.86. The van der Waals surface area contributed by atoms with E-state index in [0.717, 1.165) is 48.2 Å². The predicted octanol–water partition coefficient (Wildman–Crippen LogP) is 5.51. The normalized spacial score (nSPS) is 25.4. The van der Waals surface area contributed by atoms with Crippen molar-refractivity contribution in [1.82, 2.24) is 19.8 Å². The molecule has 3 aromatic carbocycles. The van der Waals surface area contributed by atoms with E-state index in [2.05, 4.69) is 74.4 Å². The number of para-hydroxylation sites is 2. The highest BCUT2D eigenvalue weighted by molar-refractivity contribution is 5.86. The van der Waals surface area contributed by atoms with Crippen molar-refractivity contribution in [2.24, 2.45) is 0 Å². The molecule has 0 saturated carbocycles. The van der Waals surface area contributed by atoms with Crippen molar-refractivity contribution in [1.29, 1.82) is 0 Å². The lowest BCUT2D eigenvalue weighted by molar-refractivity contribution is -0.550. The first-order valence-corrected chi connectivity index (χ1v) is 13.1. The van der Waals surface area contributed by atoms with E-state index in [4.69, 9.17) is 0 Å². The lowest BCUT2D eigenvalue weighted by Crippen LogP contribution is -2.62. The van der Waals surface area contributed by atoms with Gasteiger partial charge in [0, 0.05) is 45.5 Å². The van der Waals surface area contributed by atoms with E-state index in [1.165, 1.54) is 27.6 Å². The molecular formula is C30H27N5O2. The topological polar surface area (TPSA) is 81.2 Å². The smallest absolute Gasteiger partial charge is 0.253 e. The van der Waals surface area contributed by atoms with Gasteiger partial charge in [0.05, 0.1) is 5.69 Å². The number of hydrogen-bond acceptors (Lipinski definition) is 4. The third kappa shape index (κ3) is 2.89. The molecule has 2 aromatic heterocycles. The van der Waals surface area contributed by atoms with Crippen LogP contribution in [0.2, 0.25) is 0 Å². The number of H-pyrrole nitrogens is 2. The van der Waals surface area contributed by atoms with Crippen molar-refractivity contribution >= 4 is 21.8 Å². The molecule has 4 atom stereocenters. The van der Waals surface area contributed by atoms with E-state index in [9.17, 15) is 10.1 Å². The van der Waals surface area contributed by atoms with Crippen LogP contribution in [0.1, 0.15) is 46.3 Å². The second-order valence-corrected chi connectivity index (χ2v) is 10.6. The van der Waals surface area contributed by atoms with Gasteiger partial charge in [0.25, 0.3) is 6.04 Å². The first kappa shape index (κ1) is 21.2. The van der Waals surface area contributed by atoms with Gasteiger partial charge in [0.1, 0.15) is 18.2 Å². The van der Waals surface area contributed by atoms with Gasteiger partial charge in [-0.15, -0.1) is 0 Å². The van der Waals surface area contributed by atoms with Crippen LogP contribution >= 0.6 is 0 Å². The third-order valence-corrected chi connectivity index (χ3v) is 8.86. The quantitative estimate of drug-likeness (QED) is 0.253. The first-order chi connectivity index (χ1) is 18.2. The van der Waals surface area contributed by atoms with Gasteiger partial charge >= 0.3 is 0 Å². The minimum Gasteiger partial charge on any atom is -0.357 e. The molecule has 184 valence electrons. The maximum atomic E-state index is 13.0. The molecule has 3 aliphatic heterocycles. The van der Waals surface area contributed by atoms with Crippen LogP contribution < -0.4 is 0 Å². The van der Waals surface area contributed by atoms with Crippen LogP contribution in [-0.4, -0.2) is 43.8 Å². The number of nitrogens with one attached hydrogen (secondary N) is 2. The first-order valence-electron chi connectivity index (χ1n) is 13.1. The minimum atomic E-state index is -0.795. The van der Waals surface area contributed by atoms with Crippen LogP contribution in [0.25, 0.3) is 21.8 Å². The highest BCUT2D eigenvalue weighted by atomic mass is 16.6. The lowest BCUT2D eigenvalue weighted by atomic mass is 9.80. The average molecular weight is 490 g/mol. The number of fused-ring (bicyclic) bond motifs is 11. The summed E-state index contributed by atoms with van der Waals surface area (Å²) in [5.74, 6) is 0. The lowest BCUT2D eigenvalue weighted by Gasteiger charge is -2.55. The van der Waals surface area contributed by atoms with Gasteiger partial charge in [0.2, 0.25) is 0 Å². The Balaban J connectivity index is 1.39. The molecule has 0 amide bonds. The molecule has 0 bridgehead atoms. The molecule has 2 N–H and O–H groups in total. The largest absolute Gasteiger partial charge is 0.357 e. The molecule has 5 aromatic rings. The van der Waals surface area contributed by atoms with Gasteiger partial charge in [-0.05, 0) is 41.7 Å². The van der Waals surface area contributed by atoms with Crippen molar-refractivity contribution < 1.29 is 4.92 Å². The fraction of sp³-hybridized carbons (Fsp3) is 0.267. The number of rotatable bonds is 2. The molecule has 3 aliphatic rings. The summed E-state index contributed by atoms with van der Waals surface area (Å²) >= 11 is 0. The molecule has 37 heavy (non-hydrogen) atoms. The zero-order valence-corrected chi connectivity index (χ0v) is 20.3. The molecular weight excluding hydrogens is 462 g/mol. The molecule has 0 spiro atoms. The number of hydrogen-bond donors (Lipinski definition) is 2.